The standard InChI is InChI=1S/C17H22N6O2/c1-11(16-15(25-2)4-3-7-18-16)22-8-12(9-22)19-17(24)14-10-23(21-20-14)13-5-6-13/h3-4,7,10-13H,5-6,8-9H2,1-2H3,(H,19,24). The Morgan fingerprint density at radius 1 is 1.40 bits per heavy atom. The van der Waals surface area contributed by atoms with Crippen molar-refractivity contribution < 1.29 is 9.53 Å². The molecule has 25 heavy (non-hydrogen) atoms. The summed E-state index contributed by atoms with van der Waals surface area (Å²) in [5, 5.41) is 11.0. The monoisotopic (exact) mass is 342 g/mol. The molecule has 1 aliphatic heterocycles. The number of pyridine rings is 1. The smallest absolute Gasteiger partial charge is 0.273 e. The summed E-state index contributed by atoms with van der Waals surface area (Å²) in [4.78, 5) is 19.0. The number of methoxy groups -OCH3 is 1. The van der Waals surface area contributed by atoms with E-state index >= 15 is 0 Å². The molecule has 1 amide bonds. The van der Waals surface area contributed by atoms with Crippen LogP contribution in [-0.4, -0.2) is 57.0 Å². The van der Waals surface area contributed by atoms with Crippen molar-refractivity contribution in [2.24, 2.45) is 0 Å². The van der Waals surface area contributed by atoms with Crippen molar-refractivity contribution in [3.8, 4) is 5.75 Å². The number of hydrogen-bond acceptors (Lipinski definition) is 6. The number of carbonyl (C=O) groups is 1. The molecule has 0 bridgehead atoms. The quantitative estimate of drug-likeness (QED) is 0.849. The Kier molecular flexibility index (Phi) is 4.12. The summed E-state index contributed by atoms with van der Waals surface area (Å²) in [6.45, 7) is 3.66. The van der Waals surface area contributed by atoms with E-state index in [1.165, 1.54) is 0 Å². The molecule has 1 N–H and O–H groups in total. The van der Waals surface area contributed by atoms with Gasteiger partial charge in [0, 0.05) is 19.3 Å². The fourth-order valence-electron chi connectivity index (χ4n) is 3.14. The topological polar surface area (TPSA) is 85.2 Å². The van der Waals surface area contributed by atoms with Crippen LogP contribution in [0.5, 0.6) is 5.75 Å². The highest BCUT2D eigenvalue weighted by Crippen LogP contribution is 2.33. The molecule has 2 fully saturated rings. The van der Waals surface area contributed by atoms with Crippen LogP contribution in [0.1, 0.15) is 48.0 Å². The second-order valence-corrected chi connectivity index (χ2v) is 6.71. The van der Waals surface area contributed by atoms with Crippen LogP contribution in [0.25, 0.3) is 0 Å². The van der Waals surface area contributed by atoms with Crippen LogP contribution in [0.2, 0.25) is 0 Å². The molecule has 1 unspecified atom stereocenters. The maximum atomic E-state index is 12.3. The molecule has 2 aromatic rings. The van der Waals surface area contributed by atoms with Gasteiger partial charge in [-0.15, -0.1) is 5.10 Å². The minimum atomic E-state index is -0.153. The van der Waals surface area contributed by atoms with Crippen LogP contribution in [0.3, 0.4) is 0 Å². The second-order valence-electron chi connectivity index (χ2n) is 6.71. The van der Waals surface area contributed by atoms with E-state index in [0.717, 1.165) is 37.4 Å². The number of amides is 1. The van der Waals surface area contributed by atoms with Crippen LogP contribution < -0.4 is 10.1 Å². The predicted octanol–water partition coefficient (Wildman–Crippen LogP) is 1.19. The molecule has 4 rings (SSSR count). The minimum Gasteiger partial charge on any atom is -0.495 e. The SMILES string of the molecule is COc1cccnc1C(C)N1CC(NC(=O)c2cn(C3CC3)nn2)C1. The molecule has 1 saturated carbocycles. The van der Waals surface area contributed by atoms with Gasteiger partial charge in [-0.05, 0) is 31.9 Å². The van der Waals surface area contributed by atoms with Gasteiger partial charge in [-0.25, -0.2) is 4.68 Å². The van der Waals surface area contributed by atoms with Crippen molar-refractivity contribution in [1.29, 1.82) is 0 Å². The molecule has 0 spiro atoms. The number of rotatable bonds is 6. The van der Waals surface area contributed by atoms with Crippen LogP contribution in [-0.2, 0) is 0 Å². The van der Waals surface area contributed by atoms with E-state index in [1.54, 1.807) is 24.2 Å². The Bertz CT molecular complexity index is 766. The molecule has 0 aromatic carbocycles. The first kappa shape index (κ1) is 16.0. The van der Waals surface area contributed by atoms with Crippen LogP contribution in [0.4, 0.5) is 0 Å². The molecule has 2 aliphatic rings. The molecule has 1 aliphatic carbocycles. The molecule has 1 saturated heterocycles. The first-order valence-corrected chi connectivity index (χ1v) is 8.61. The van der Waals surface area contributed by atoms with Crippen molar-refractivity contribution in [3.63, 3.8) is 0 Å². The third-order valence-corrected chi connectivity index (χ3v) is 4.87. The minimum absolute atomic E-state index is 0.121. The highest BCUT2D eigenvalue weighted by Gasteiger charge is 2.34. The lowest BCUT2D eigenvalue weighted by molar-refractivity contribution is 0.0656. The second kappa shape index (κ2) is 6.44. The number of carbonyl (C=O) groups excluding carboxylic acids is 1. The number of aromatic nitrogens is 4. The lowest BCUT2D eigenvalue weighted by Crippen LogP contribution is -2.59. The van der Waals surface area contributed by atoms with Gasteiger partial charge in [-0.2, -0.15) is 0 Å². The van der Waals surface area contributed by atoms with Crippen molar-refractivity contribution in [1.82, 2.24) is 30.2 Å². The van der Waals surface area contributed by atoms with E-state index in [4.69, 9.17) is 4.74 Å². The lowest BCUT2D eigenvalue weighted by atomic mass is 10.0. The maximum absolute atomic E-state index is 12.3. The molecule has 8 nitrogen and oxygen atoms in total. The maximum Gasteiger partial charge on any atom is 0.273 e. The molecule has 0 radical (unpaired) electrons. The summed E-state index contributed by atoms with van der Waals surface area (Å²) in [5.74, 6) is 0.638. The summed E-state index contributed by atoms with van der Waals surface area (Å²) in [5.41, 5.74) is 1.31. The average Bonchev–Trinajstić information content (AvgIpc) is 3.33. The molecule has 2 aromatic heterocycles. The third-order valence-electron chi connectivity index (χ3n) is 4.87. The molecular weight excluding hydrogens is 320 g/mol. The van der Waals surface area contributed by atoms with E-state index in [1.807, 2.05) is 12.1 Å². The Labute approximate surface area is 146 Å². The molecule has 3 heterocycles. The summed E-state index contributed by atoms with van der Waals surface area (Å²) in [6, 6.07) is 4.47. The van der Waals surface area contributed by atoms with Gasteiger partial charge in [0.15, 0.2) is 5.69 Å². The zero-order valence-corrected chi connectivity index (χ0v) is 14.4. The Morgan fingerprint density at radius 3 is 2.92 bits per heavy atom. The van der Waals surface area contributed by atoms with Gasteiger partial charge in [0.25, 0.3) is 5.91 Å². The van der Waals surface area contributed by atoms with Gasteiger partial charge < -0.3 is 10.1 Å². The largest absolute Gasteiger partial charge is 0.495 e. The first-order chi connectivity index (χ1) is 12.2. The zero-order chi connectivity index (χ0) is 17.4. The normalized spacial score (nSPS) is 19.3. The van der Waals surface area contributed by atoms with E-state index in [0.29, 0.717) is 11.7 Å². The van der Waals surface area contributed by atoms with Gasteiger partial charge in [-0.1, -0.05) is 5.21 Å². The number of hydrogen-bond donors (Lipinski definition) is 1. The number of ether oxygens (including phenoxy) is 1. The highest BCUT2D eigenvalue weighted by atomic mass is 16.5. The summed E-state index contributed by atoms with van der Waals surface area (Å²) in [7, 11) is 1.65. The van der Waals surface area contributed by atoms with Crippen molar-refractivity contribution >= 4 is 5.91 Å². The molecule has 8 heteroatoms. The van der Waals surface area contributed by atoms with Gasteiger partial charge in [-0.3, -0.25) is 14.7 Å². The van der Waals surface area contributed by atoms with Crippen LogP contribution >= 0.6 is 0 Å². The van der Waals surface area contributed by atoms with E-state index in [-0.39, 0.29) is 18.0 Å². The first-order valence-electron chi connectivity index (χ1n) is 8.61. The van der Waals surface area contributed by atoms with Crippen molar-refractivity contribution in [2.45, 2.75) is 37.9 Å². The fraction of sp³-hybridized carbons (Fsp3) is 0.529. The highest BCUT2D eigenvalue weighted by molar-refractivity contribution is 5.92. The number of nitrogens with one attached hydrogen (secondary N) is 1. The van der Waals surface area contributed by atoms with Crippen molar-refractivity contribution in [2.75, 3.05) is 20.2 Å². The average molecular weight is 342 g/mol. The predicted molar refractivity (Wildman–Crippen MR) is 90.3 cm³/mol. The van der Waals surface area contributed by atoms with Gasteiger partial charge in [0.2, 0.25) is 0 Å². The van der Waals surface area contributed by atoms with Crippen molar-refractivity contribution in [3.05, 3.63) is 35.9 Å². The zero-order valence-electron chi connectivity index (χ0n) is 14.4. The fourth-order valence-corrected chi connectivity index (χ4v) is 3.14. The number of nitrogens with zero attached hydrogens (tertiary/aromatic N) is 5. The Balaban J connectivity index is 1.31. The molecule has 1 atom stereocenters. The van der Waals surface area contributed by atoms with E-state index in [9.17, 15) is 4.79 Å². The van der Waals surface area contributed by atoms with Gasteiger partial charge in [0.05, 0.1) is 37.1 Å². The lowest BCUT2D eigenvalue weighted by Gasteiger charge is -2.43. The molecular formula is C17H22N6O2. The Morgan fingerprint density at radius 2 is 2.20 bits per heavy atom. The summed E-state index contributed by atoms with van der Waals surface area (Å²) in [6.07, 6.45) is 5.76. The van der Waals surface area contributed by atoms with Gasteiger partial charge >= 0.3 is 0 Å². The summed E-state index contributed by atoms with van der Waals surface area (Å²) >= 11 is 0. The Hall–Kier alpha value is -2.48. The van der Waals surface area contributed by atoms with Crippen LogP contribution in [0.15, 0.2) is 24.5 Å². The number of likely N-dealkylation sites (tertiary alicyclic amines) is 1. The molecule has 132 valence electrons. The van der Waals surface area contributed by atoms with Gasteiger partial charge in [0.1, 0.15) is 5.75 Å². The van der Waals surface area contributed by atoms with Crippen LogP contribution in [0, 0.1) is 0 Å². The summed E-state index contributed by atoms with van der Waals surface area (Å²) < 4.78 is 7.17. The van der Waals surface area contributed by atoms with E-state index < -0.39 is 0 Å². The third kappa shape index (κ3) is 3.21. The van der Waals surface area contributed by atoms with E-state index in [2.05, 4.69) is 32.4 Å².